The summed E-state index contributed by atoms with van der Waals surface area (Å²) in [6.45, 7) is 5.05. The molecule has 0 unspecified atom stereocenters. The largest absolute Gasteiger partial charge is 0.396 e. The van der Waals surface area contributed by atoms with Gasteiger partial charge in [-0.05, 0) is 57.6 Å². The Morgan fingerprint density at radius 2 is 2.07 bits per heavy atom. The van der Waals surface area contributed by atoms with Crippen LogP contribution in [0.1, 0.15) is 49.9 Å². The molecule has 2 heterocycles. The van der Waals surface area contributed by atoms with Crippen LogP contribution in [0.2, 0.25) is 0 Å². The average Bonchev–Trinajstić information content (AvgIpc) is 2.68. The molecule has 0 spiro atoms. The number of hydrogen-bond donors (Lipinski definition) is 3. The predicted octanol–water partition coefficient (Wildman–Crippen LogP) is 3.07. The number of carbonyl (C=O) groups excluding carboxylic acids is 1. The minimum absolute atomic E-state index is 0.0864. The molecular formula is C21H30N4O2. The second-order valence-electron chi connectivity index (χ2n) is 7.65. The van der Waals surface area contributed by atoms with Crippen LogP contribution in [-0.4, -0.2) is 41.2 Å². The SMILES string of the molecule is CC(C)Nc1ccnc(N2C=CC=CC2)c1C(=O)NC1CCC(CO)CC1. The number of pyridine rings is 1. The number of hydrogen-bond acceptors (Lipinski definition) is 5. The third-order valence-electron chi connectivity index (χ3n) is 5.13. The zero-order chi connectivity index (χ0) is 19.2. The van der Waals surface area contributed by atoms with E-state index in [2.05, 4.69) is 29.5 Å². The first-order chi connectivity index (χ1) is 13.1. The molecule has 3 rings (SSSR count). The van der Waals surface area contributed by atoms with E-state index in [9.17, 15) is 9.90 Å². The molecule has 3 N–H and O–H groups in total. The quantitative estimate of drug-likeness (QED) is 0.717. The summed E-state index contributed by atoms with van der Waals surface area (Å²) < 4.78 is 0. The van der Waals surface area contributed by atoms with Gasteiger partial charge in [-0.15, -0.1) is 0 Å². The highest BCUT2D eigenvalue weighted by Gasteiger charge is 2.26. The lowest BCUT2D eigenvalue weighted by Gasteiger charge is -2.29. The summed E-state index contributed by atoms with van der Waals surface area (Å²) in [6.07, 6.45) is 13.4. The fourth-order valence-corrected chi connectivity index (χ4v) is 3.70. The number of aliphatic hydroxyl groups is 1. The molecule has 1 amide bonds. The third-order valence-corrected chi connectivity index (χ3v) is 5.13. The number of aliphatic hydroxyl groups excluding tert-OH is 1. The molecule has 27 heavy (non-hydrogen) atoms. The van der Waals surface area contributed by atoms with Gasteiger partial charge < -0.3 is 20.6 Å². The fraction of sp³-hybridized carbons (Fsp3) is 0.524. The van der Waals surface area contributed by atoms with E-state index in [4.69, 9.17) is 0 Å². The molecule has 2 aliphatic rings. The van der Waals surface area contributed by atoms with Crippen LogP contribution in [0.25, 0.3) is 0 Å². The number of carbonyl (C=O) groups is 1. The van der Waals surface area contributed by atoms with Gasteiger partial charge in [0, 0.05) is 37.6 Å². The first kappa shape index (κ1) is 19.4. The first-order valence-corrected chi connectivity index (χ1v) is 9.85. The smallest absolute Gasteiger partial charge is 0.257 e. The van der Waals surface area contributed by atoms with E-state index in [0.29, 0.717) is 23.8 Å². The lowest BCUT2D eigenvalue weighted by molar-refractivity contribution is 0.0915. The predicted molar refractivity (Wildman–Crippen MR) is 109 cm³/mol. The second kappa shape index (κ2) is 9.04. The van der Waals surface area contributed by atoms with Gasteiger partial charge in [-0.1, -0.05) is 12.2 Å². The van der Waals surface area contributed by atoms with Crippen LogP contribution in [0, 0.1) is 5.92 Å². The molecule has 146 valence electrons. The molecule has 0 radical (unpaired) electrons. The summed E-state index contributed by atoms with van der Waals surface area (Å²) in [5, 5.41) is 15.9. The molecular weight excluding hydrogens is 340 g/mol. The Hall–Kier alpha value is -2.34. The molecule has 0 bridgehead atoms. The first-order valence-electron chi connectivity index (χ1n) is 9.85. The van der Waals surface area contributed by atoms with E-state index in [1.165, 1.54) is 0 Å². The zero-order valence-electron chi connectivity index (χ0n) is 16.2. The Kier molecular flexibility index (Phi) is 6.50. The zero-order valence-corrected chi connectivity index (χ0v) is 16.2. The Bertz CT molecular complexity index is 706. The van der Waals surface area contributed by atoms with Gasteiger partial charge in [-0.25, -0.2) is 4.98 Å². The van der Waals surface area contributed by atoms with Crippen molar-refractivity contribution < 1.29 is 9.90 Å². The van der Waals surface area contributed by atoms with Crippen molar-refractivity contribution in [3.8, 4) is 0 Å². The molecule has 1 aliphatic carbocycles. The van der Waals surface area contributed by atoms with Gasteiger partial charge in [-0.3, -0.25) is 4.79 Å². The summed E-state index contributed by atoms with van der Waals surface area (Å²) in [5.41, 5.74) is 1.40. The van der Waals surface area contributed by atoms with Gasteiger partial charge in [0.2, 0.25) is 0 Å². The van der Waals surface area contributed by atoms with Gasteiger partial charge in [0.15, 0.2) is 0 Å². The Morgan fingerprint density at radius 1 is 1.30 bits per heavy atom. The molecule has 0 atom stereocenters. The van der Waals surface area contributed by atoms with Crippen molar-refractivity contribution >= 4 is 17.4 Å². The molecule has 1 aliphatic heterocycles. The van der Waals surface area contributed by atoms with E-state index in [1.54, 1.807) is 6.20 Å². The highest BCUT2D eigenvalue weighted by molar-refractivity contribution is 6.04. The van der Waals surface area contributed by atoms with Crippen molar-refractivity contribution in [2.24, 2.45) is 5.92 Å². The van der Waals surface area contributed by atoms with Gasteiger partial charge in [0.1, 0.15) is 11.4 Å². The lowest BCUT2D eigenvalue weighted by Crippen LogP contribution is -2.39. The molecule has 1 aromatic rings. The third kappa shape index (κ3) is 4.89. The molecule has 6 heteroatoms. The molecule has 0 aromatic carbocycles. The number of allylic oxidation sites excluding steroid dienone is 2. The van der Waals surface area contributed by atoms with Gasteiger partial charge in [0.05, 0.1) is 5.69 Å². The van der Waals surface area contributed by atoms with Crippen molar-refractivity contribution in [3.05, 3.63) is 42.3 Å². The number of aromatic nitrogens is 1. The normalized spacial score (nSPS) is 22.1. The monoisotopic (exact) mass is 370 g/mol. The minimum atomic E-state index is -0.0864. The average molecular weight is 370 g/mol. The summed E-state index contributed by atoms with van der Waals surface area (Å²) >= 11 is 0. The van der Waals surface area contributed by atoms with Crippen molar-refractivity contribution in [3.63, 3.8) is 0 Å². The highest BCUT2D eigenvalue weighted by atomic mass is 16.3. The van der Waals surface area contributed by atoms with E-state index < -0.39 is 0 Å². The van der Waals surface area contributed by atoms with E-state index in [1.807, 2.05) is 35.4 Å². The molecule has 0 saturated heterocycles. The number of nitrogens with one attached hydrogen (secondary N) is 2. The van der Waals surface area contributed by atoms with Crippen LogP contribution in [0.5, 0.6) is 0 Å². The summed E-state index contributed by atoms with van der Waals surface area (Å²) in [7, 11) is 0. The number of rotatable bonds is 6. The Balaban J connectivity index is 1.83. The van der Waals surface area contributed by atoms with Crippen LogP contribution >= 0.6 is 0 Å². The van der Waals surface area contributed by atoms with Gasteiger partial charge in [0.25, 0.3) is 5.91 Å². The highest BCUT2D eigenvalue weighted by Crippen LogP contribution is 2.29. The standard InChI is InChI=1S/C21H30N4O2/c1-15(2)23-18-10-11-22-20(25-12-4-3-5-13-25)19(18)21(27)24-17-8-6-16(14-26)7-9-17/h3-5,10-12,15-17,26H,6-9,13-14H2,1-2H3,(H,22,23)(H,24,27). The number of anilines is 2. The maximum Gasteiger partial charge on any atom is 0.257 e. The maximum absolute atomic E-state index is 13.2. The van der Waals surface area contributed by atoms with Crippen LogP contribution < -0.4 is 15.5 Å². The van der Waals surface area contributed by atoms with Crippen LogP contribution in [0.15, 0.2) is 36.7 Å². The summed E-state index contributed by atoms with van der Waals surface area (Å²) in [5.74, 6) is 0.954. The summed E-state index contributed by atoms with van der Waals surface area (Å²) in [6, 6.07) is 2.23. The maximum atomic E-state index is 13.2. The topological polar surface area (TPSA) is 77.5 Å². The summed E-state index contributed by atoms with van der Waals surface area (Å²) in [4.78, 5) is 19.7. The van der Waals surface area contributed by atoms with E-state index in [-0.39, 0.29) is 24.6 Å². The molecule has 1 saturated carbocycles. The lowest BCUT2D eigenvalue weighted by atomic mass is 9.86. The van der Waals surface area contributed by atoms with Crippen LogP contribution in [-0.2, 0) is 0 Å². The second-order valence-corrected chi connectivity index (χ2v) is 7.65. The Morgan fingerprint density at radius 3 is 2.70 bits per heavy atom. The van der Waals surface area contributed by atoms with Crippen LogP contribution in [0.3, 0.4) is 0 Å². The fourth-order valence-electron chi connectivity index (χ4n) is 3.70. The Labute approximate surface area is 161 Å². The van der Waals surface area contributed by atoms with Gasteiger partial charge >= 0.3 is 0 Å². The number of amides is 1. The van der Waals surface area contributed by atoms with Crippen LogP contribution in [0.4, 0.5) is 11.5 Å². The van der Waals surface area contributed by atoms with E-state index >= 15 is 0 Å². The minimum Gasteiger partial charge on any atom is -0.396 e. The van der Waals surface area contributed by atoms with Crippen molar-refractivity contribution in [1.82, 2.24) is 10.3 Å². The molecule has 6 nitrogen and oxygen atoms in total. The van der Waals surface area contributed by atoms with Crippen molar-refractivity contribution in [2.75, 3.05) is 23.4 Å². The van der Waals surface area contributed by atoms with E-state index in [0.717, 1.165) is 31.4 Å². The number of nitrogens with zero attached hydrogens (tertiary/aromatic N) is 2. The van der Waals surface area contributed by atoms with Crippen molar-refractivity contribution in [1.29, 1.82) is 0 Å². The van der Waals surface area contributed by atoms with Crippen molar-refractivity contribution in [2.45, 2.75) is 51.6 Å². The van der Waals surface area contributed by atoms with Gasteiger partial charge in [-0.2, -0.15) is 0 Å². The molecule has 1 aromatic heterocycles. The molecule has 1 fully saturated rings.